The quantitative estimate of drug-likeness (QED) is 0.369. The first-order valence-corrected chi connectivity index (χ1v) is 13.8. The van der Waals surface area contributed by atoms with Crippen molar-refractivity contribution < 1.29 is 17.9 Å². The van der Waals surface area contributed by atoms with E-state index in [1.54, 1.807) is 55.5 Å². The molecule has 8 nitrogen and oxygen atoms in total. The molecule has 1 aliphatic heterocycles. The first kappa shape index (κ1) is 24.1. The summed E-state index contributed by atoms with van der Waals surface area (Å²) in [4.78, 5) is 35.6. The monoisotopic (exact) mass is 521 g/mol. The highest BCUT2D eigenvalue weighted by Crippen LogP contribution is 2.22. The van der Waals surface area contributed by atoms with Gasteiger partial charge in [-0.25, -0.2) is 18.4 Å². The Labute approximate surface area is 211 Å². The number of carbonyl (C=O) groups is 1. The number of fused-ring (bicyclic) bond motifs is 1. The molecule has 1 aliphatic rings. The van der Waals surface area contributed by atoms with Crippen molar-refractivity contribution in [2.24, 2.45) is 4.99 Å². The second-order valence-electron chi connectivity index (χ2n) is 8.57. The maximum atomic E-state index is 13.3. The highest BCUT2D eigenvalue weighted by Gasteiger charge is 2.21. The third-order valence-corrected chi connectivity index (χ3v) is 9.10. The molecule has 0 spiro atoms. The molecule has 0 saturated carbocycles. The lowest BCUT2D eigenvalue weighted by Gasteiger charge is -2.12. The van der Waals surface area contributed by atoms with E-state index in [1.165, 1.54) is 10.6 Å². The van der Waals surface area contributed by atoms with Gasteiger partial charge in [0.25, 0.3) is 5.56 Å². The van der Waals surface area contributed by atoms with Crippen molar-refractivity contribution >= 4 is 43.8 Å². The first-order valence-electron chi connectivity index (χ1n) is 11.3. The van der Waals surface area contributed by atoms with Crippen LogP contribution in [-0.4, -0.2) is 48.6 Å². The lowest BCUT2D eigenvalue weighted by Crippen LogP contribution is -2.22. The lowest BCUT2D eigenvalue weighted by molar-refractivity contribution is -0.116. The van der Waals surface area contributed by atoms with Crippen LogP contribution in [0.2, 0.25) is 0 Å². The van der Waals surface area contributed by atoms with Crippen LogP contribution in [0, 0.1) is 13.8 Å². The molecule has 2 aromatic heterocycles. The molecule has 2 aromatic carbocycles. The summed E-state index contributed by atoms with van der Waals surface area (Å²) < 4.78 is 32.2. The van der Waals surface area contributed by atoms with Gasteiger partial charge in [-0.05, 0) is 61.9 Å². The first-order chi connectivity index (χ1) is 17.2. The van der Waals surface area contributed by atoms with Crippen molar-refractivity contribution in [1.29, 1.82) is 0 Å². The molecular formula is C26H23N3O5S2. The lowest BCUT2D eigenvalue weighted by atomic mass is 10.1. The number of thiophene rings is 1. The zero-order valence-electron chi connectivity index (χ0n) is 19.7. The number of rotatable bonds is 7. The number of ether oxygens (including phenoxy) is 1. The summed E-state index contributed by atoms with van der Waals surface area (Å²) in [6, 6.07) is 15.5. The van der Waals surface area contributed by atoms with Crippen molar-refractivity contribution in [3.8, 4) is 5.69 Å². The number of nitrogens with zero attached hydrogens (tertiary/aromatic N) is 3. The fraction of sp³-hybridized carbons (Fsp3) is 0.231. The molecule has 0 saturated heterocycles. The van der Waals surface area contributed by atoms with E-state index in [1.807, 2.05) is 6.92 Å². The molecule has 0 radical (unpaired) electrons. The van der Waals surface area contributed by atoms with Gasteiger partial charge in [-0.2, -0.15) is 0 Å². The van der Waals surface area contributed by atoms with Crippen LogP contribution in [0.15, 0.2) is 68.6 Å². The summed E-state index contributed by atoms with van der Waals surface area (Å²) >= 11 is 1.16. The van der Waals surface area contributed by atoms with E-state index in [-0.39, 0.29) is 22.0 Å². The Balaban J connectivity index is 1.36. The number of Topliss-reactive ketones (excluding diaryl/α,β-unsaturated/α-hetero) is 1. The Morgan fingerprint density at radius 1 is 1.08 bits per heavy atom. The maximum Gasteiger partial charge on any atom is 0.265 e. The van der Waals surface area contributed by atoms with Gasteiger partial charge in [0.1, 0.15) is 22.4 Å². The van der Waals surface area contributed by atoms with Gasteiger partial charge in [0.2, 0.25) is 5.90 Å². The Bertz CT molecular complexity index is 1680. The molecule has 0 amide bonds. The minimum absolute atomic E-state index is 0.0115. The number of sulfone groups is 1. The van der Waals surface area contributed by atoms with Crippen LogP contribution < -0.4 is 5.56 Å². The summed E-state index contributed by atoms with van der Waals surface area (Å²) in [5.41, 5.74) is 2.42. The number of aliphatic imine (C=N–C) groups is 1. The predicted octanol–water partition coefficient (Wildman–Crippen LogP) is 3.43. The van der Waals surface area contributed by atoms with Crippen LogP contribution in [0.5, 0.6) is 0 Å². The maximum absolute atomic E-state index is 13.3. The van der Waals surface area contributed by atoms with Gasteiger partial charge < -0.3 is 4.74 Å². The molecule has 36 heavy (non-hydrogen) atoms. The highest BCUT2D eigenvalue weighted by atomic mass is 32.2. The Hall–Kier alpha value is -3.63. The molecule has 0 aliphatic carbocycles. The second kappa shape index (κ2) is 9.44. The summed E-state index contributed by atoms with van der Waals surface area (Å²) in [7, 11) is -3.65. The summed E-state index contributed by atoms with van der Waals surface area (Å²) in [6.07, 6.45) is -0.0115. The van der Waals surface area contributed by atoms with Gasteiger partial charge in [-0.1, -0.05) is 12.1 Å². The van der Waals surface area contributed by atoms with Crippen molar-refractivity contribution in [2.45, 2.75) is 24.5 Å². The molecular weight excluding hydrogens is 498 g/mol. The summed E-state index contributed by atoms with van der Waals surface area (Å²) in [5, 5.41) is 0.469. The Morgan fingerprint density at radius 3 is 2.53 bits per heavy atom. The van der Waals surface area contributed by atoms with Crippen LogP contribution in [0.1, 0.15) is 21.8 Å². The number of benzene rings is 2. The fourth-order valence-corrected chi connectivity index (χ4v) is 6.76. The van der Waals surface area contributed by atoms with E-state index >= 15 is 0 Å². The third kappa shape index (κ3) is 4.74. The van der Waals surface area contributed by atoms with Gasteiger partial charge >= 0.3 is 0 Å². The van der Waals surface area contributed by atoms with Crippen LogP contribution in [0.25, 0.3) is 16.6 Å². The number of carbonyl (C=O) groups excluding carboxylic acids is 1. The van der Waals surface area contributed by atoms with Crippen LogP contribution in [0.4, 0.5) is 0 Å². The van der Waals surface area contributed by atoms with Gasteiger partial charge in [-0.3, -0.25) is 14.2 Å². The smallest absolute Gasteiger partial charge is 0.265 e. The van der Waals surface area contributed by atoms with Crippen LogP contribution >= 0.6 is 11.3 Å². The van der Waals surface area contributed by atoms with Gasteiger partial charge in [0.05, 0.1) is 23.1 Å². The SMILES string of the molecule is Cc1ccc(S(=O)(=O)CC(=O)Cc2ccc(-n3c(C)nc4cc(C5=NCCO5)ccc4c3=O)cc2)s1. The van der Waals surface area contributed by atoms with E-state index in [4.69, 9.17) is 4.74 Å². The molecule has 0 fully saturated rings. The van der Waals surface area contributed by atoms with Crippen molar-refractivity contribution in [2.75, 3.05) is 18.9 Å². The number of hydrogen-bond donors (Lipinski definition) is 0. The largest absolute Gasteiger partial charge is 0.476 e. The summed E-state index contributed by atoms with van der Waals surface area (Å²) in [5.74, 6) is 0.145. The van der Waals surface area contributed by atoms with E-state index in [0.29, 0.717) is 47.0 Å². The molecule has 0 bridgehead atoms. The zero-order valence-corrected chi connectivity index (χ0v) is 21.4. The van der Waals surface area contributed by atoms with Crippen LogP contribution in [0.3, 0.4) is 0 Å². The standard InChI is InChI=1S/C26H23N3O5S2/c1-16-3-10-24(35-16)36(32,33)15-21(30)13-18-4-7-20(8-5-18)29-17(2)28-23-14-19(25-27-11-12-34-25)6-9-22(23)26(29)31/h3-10,14H,11-13,15H2,1-2H3. The molecule has 0 atom stereocenters. The summed E-state index contributed by atoms with van der Waals surface area (Å²) in [6.45, 7) is 4.75. The average molecular weight is 522 g/mol. The van der Waals surface area contributed by atoms with E-state index < -0.39 is 15.6 Å². The minimum Gasteiger partial charge on any atom is -0.476 e. The molecule has 10 heteroatoms. The molecule has 184 valence electrons. The molecule has 5 rings (SSSR count). The van der Waals surface area contributed by atoms with Crippen molar-refractivity contribution in [1.82, 2.24) is 9.55 Å². The van der Waals surface area contributed by atoms with Crippen LogP contribution in [-0.2, 0) is 25.8 Å². The Morgan fingerprint density at radius 2 is 1.86 bits per heavy atom. The number of aryl methyl sites for hydroxylation is 2. The third-order valence-electron chi connectivity index (χ3n) is 5.84. The highest BCUT2D eigenvalue weighted by molar-refractivity contribution is 7.94. The normalized spacial score (nSPS) is 13.6. The van der Waals surface area contributed by atoms with E-state index in [9.17, 15) is 18.0 Å². The van der Waals surface area contributed by atoms with Gasteiger partial charge in [0, 0.05) is 16.9 Å². The number of aromatic nitrogens is 2. The van der Waals surface area contributed by atoms with E-state index in [2.05, 4.69) is 9.98 Å². The zero-order chi connectivity index (χ0) is 25.4. The molecule has 4 aromatic rings. The fourth-order valence-electron chi connectivity index (χ4n) is 4.15. The number of ketones is 1. The van der Waals surface area contributed by atoms with Gasteiger partial charge in [-0.15, -0.1) is 11.3 Å². The van der Waals surface area contributed by atoms with Crippen molar-refractivity contribution in [3.05, 3.63) is 86.8 Å². The molecule has 3 heterocycles. The second-order valence-corrected chi connectivity index (χ2v) is 12.1. The Kier molecular flexibility index (Phi) is 6.31. The average Bonchev–Trinajstić information content (AvgIpc) is 3.52. The predicted molar refractivity (Wildman–Crippen MR) is 139 cm³/mol. The van der Waals surface area contributed by atoms with Gasteiger partial charge in [0.15, 0.2) is 15.6 Å². The van der Waals surface area contributed by atoms with E-state index in [0.717, 1.165) is 21.8 Å². The minimum atomic E-state index is -3.65. The molecule has 0 N–H and O–H groups in total. The topological polar surface area (TPSA) is 108 Å². The number of hydrogen-bond acceptors (Lipinski definition) is 8. The van der Waals surface area contributed by atoms with Crippen molar-refractivity contribution in [3.63, 3.8) is 0 Å². The molecule has 0 unspecified atom stereocenters.